The minimum atomic E-state index is -1.18. The minimum absolute atomic E-state index is 0.103. The van der Waals surface area contributed by atoms with Gasteiger partial charge in [-0.25, -0.2) is 0 Å². The predicted octanol–water partition coefficient (Wildman–Crippen LogP) is 4.99. The molecule has 0 spiro atoms. The molecule has 3 atom stereocenters. The molecule has 204 valence electrons. The number of aliphatic hydroxyl groups excluding tert-OH is 3. The van der Waals surface area contributed by atoms with Gasteiger partial charge in [0.05, 0.1) is 12.1 Å². The van der Waals surface area contributed by atoms with Crippen LogP contribution in [0.5, 0.6) is 0 Å². The Labute approximate surface area is 221 Å². The highest BCUT2D eigenvalue weighted by atomic mass is 16.3. The molecule has 1 aromatic carbocycles. The summed E-state index contributed by atoms with van der Waals surface area (Å²) in [6.07, 6.45) is 9.34. The Morgan fingerprint density at radius 2 is 1.65 bits per heavy atom. The van der Waals surface area contributed by atoms with Gasteiger partial charge < -0.3 is 25.5 Å². The summed E-state index contributed by atoms with van der Waals surface area (Å²) in [4.78, 5) is 28.4. The number of aryl methyl sites for hydroxylation is 1. The van der Waals surface area contributed by atoms with Crippen molar-refractivity contribution in [1.82, 2.24) is 10.2 Å². The highest BCUT2D eigenvalue weighted by molar-refractivity contribution is 6.00. The van der Waals surface area contributed by atoms with Crippen LogP contribution < -0.4 is 5.32 Å². The molecule has 1 aliphatic carbocycles. The number of nitrogens with one attached hydrogen (secondary N) is 1. The molecule has 0 radical (unpaired) electrons. The maximum Gasteiger partial charge on any atom is 0.253 e. The highest BCUT2D eigenvalue weighted by Crippen LogP contribution is 2.20. The monoisotopic (exact) mass is 512 g/mol. The van der Waals surface area contributed by atoms with Crippen molar-refractivity contribution >= 4 is 11.8 Å². The van der Waals surface area contributed by atoms with Gasteiger partial charge in [-0.2, -0.15) is 0 Å². The van der Waals surface area contributed by atoms with Crippen molar-refractivity contribution in [1.29, 1.82) is 0 Å². The molecule has 4 N–H and O–H groups in total. The van der Waals surface area contributed by atoms with Gasteiger partial charge >= 0.3 is 0 Å². The lowest BCUT2D eigenvalue weighted by Gasteiger charge is -2.28. The smallest absolute Gasteiger partial charge is 0.253 e. The first kappa shape index (κ1) is 30.3. The van der Waals surface area contributed by atoms with Gasteiger partial charge in [-0.3, -0.25) is 9.59 Å². The highest BCUT2D eigenvalue weighted by Gasteiger charge is 2.29. The second-order valence-corrected chi connectivity index (χ2v) is 9.84. The van der Waals surface area contributed by atoms with E-state index in [0.717, 1.165) is 36.8 Å². The molecular weight excluding hydrogens is 468 g/mol. The third kappa shape index (κ3) is 9.48. The number of nitrogens with zero attached hydrogens (tertiary/aromatic N) is 1. The number of amides is 2. The van der Waals surface area contributed by atoms with Crippen LogP contribution in [0.2, 0.25) is 0 Å². The minimum Gasteiger partial charge on any atom is -0.508 e. The number of carbonyl (C=O) groups excluding carboxylic acids is 2. The fraction of sp³-hybridized carbons (Fsp3) is 0.533. The first-order valence-electron chi connectivity index (χ1n) is 13.5. The van der Waals surface area contributed by atoms with Crippen LogP contribution in [0.4, 0.5) is 0 Å². The molecule has 2 amide bonds. The van der Waals surface area contributed by atoms with Gasteiger partial charge in [-0.15, -0.1) is 0 Å². The van der Waals surface area contributed by atoms with Crippen LogP contribution in [-0.2, 0) is 0 Å². The Bertz CT molecular complexity index is 992. The third-order valence-electron chi connectivity index (χ3n) is 6.47. The van der Waals surface area contributed by atoms with E-state index in [2.05, 4.69) is 5.32 Å². The van der Waals surface area contributed by atoms with Crippen molar-refractivity contribution in [2.45, 2.75) is 90.9 Å². The molecule has 0 aromatic heterocycles. The molecule has 0 heterocycles. The number of benzene rings is 1. The van der Waals surface area contributed by atoms with Gasteiger partial charge in [-0.05, 0) is 80.5 Å². The molecule has 7 heteroatoms. The third-order valence-corrected chi connectivity index (χ3v) is 6.47. The summed E-state index contributed by atoms with van der Waals surface area (Å²) >= 11 is 0. The number of carbonyl (C=O) groups is 2. The maximum atomic E-state index is 13.4. The molecule has 2 rings (SSSR count). The van der Waals surface area contributed by atoms with Crippen LogP contribution in [0.1, 0.15) is 92.0 Å². The SMILES string of the molecule is CCCCC(O)C(O)C(CC1=CCC=C(O)C=C1)NC(=O)c1cc(C)cc(C(=O)N(CCC)CCC)c1. The van der Waals surface area contributed by atoms with Crippen LogP contribution in [0.3, 0.4) is 0 Å². The van der Waals surface area contributed by atoms with Crippen molar-refractivity contribution in [2.24, 2.45) is 0 Å². The molecular formula is C30H44N2O5. The summed E-state index contributed by atoms with van der Waals surface area (Å²) in [5.74, 6) is -0.359. The van der Waals surface area contributed by atoms with Crippen LogP contribution in [0.15, 0.2) is 53.8 Å². The molecule has 0 fully saturated rings. The lowest BCUT2D eigenvalue weighted by Crippen LogP contribution is -2.48. The Morgan fingerprint density at radius 1 is 0.973 bits per heavy atom. The molecule has 0 bridgehead atoms. The van der Waals surface area contributed by atoms with E-state index in [4.69, 9.17) is 0 Å². The molecule has 0 aliphatic heterocycles. The van der Waals surface area contributed by atoms with Gasteiger partial charge in [-0.1, -0.05) is 45.8 Å². The lowest BCUT2D eigenvalue weighted by molar-refractivity contribution is -0.00799. The summed E-state index contributed by atoms with van der Waals surface area (Å²) in [5, 5.41) is 34.3. The number of hydrogen-bond acceptors (Lipinski definition) is 5. The van der Waals surface area contributed by atoms with Crippen LogP contribution in [0, 0.1) is 6.92 Å². The normalized spacial score (nSPS) is 15.7. The van der Waals surface area contributed by atoms with Gasteiger partial charge in [0.15, 0.2) is 0 Å². The molecule has 3 unspecified atom stereocenters. The van der Waals surface area contributed by atoms with E-state index in [0.29, 0.717) is 37.1 Å². The number of rotatable bonds is 14. The Kier molecular flexibility index (Phi) is 12.6. The van der Waals surface area contributed by atoms with Gasteiger partial charge in [0.2, 0.25) is 0 Å². The average molecular weight is 513 g/mol. The number of allylic oxidation sites excluding steroid dienone is 4. The standard InChI is InChI=1S/C30H44N2O5/c1-5-8-12-27(34)28(35)26(19-22-10-9-11-25(33)14-13-22)31-29(36)23-17-21(4)18-24(20-23)30(37)32(15-6-2)16-7-3/h10-11,13-14,17-18,20,26-28,33-35H,5-9,12,15-16,19H2,1-4H3,(H,31,36). The van der Waals surface area contributed by atoms with E-state index in [1.807, 2.05) is 33.8 Å². The van der Waals surface area contributed by atoms with Crippen LogP contribution in [0.25, 0.3) is 0 Å². The Hall–Kier alpha value is -2.90. The van der Waals surface area contributed by atoms with E-state index in [9.17, 15) is 24.9 Å². The fourth-order valence-corrected chi connectivity index (χ4v) is 4.50. The zero-order valence-corrected chi connectivity index (χ0v) is 22.7. The van der Waals surface area contributed by atoms with Crippen LogP contribution in [-0.4, -0.2) is 63.4 Å². The molecule has 37 heavy (non-hydrogen) atoms. The van der Waals surface area contributed by atoms with Crippen molar-refractivity contribution in [2.75, 3.05) is 13.1 Å². The van der Waals surface area contributed by atoms with E-state index in [1.165, 1.54) is 0 Å². The molecule has 0 saturated heterocycles. The molecule has 7 nitrogen and oxygen atoms in total. The second kappa shape index (κ2) is 15.4. The number of unbranched alkanes of at least 4 members (excludes halogenated alkanes) is 1. The Morgan fingerprint density at radius 3 is 2.30 bits per heavy atom. The van der Waals surface area contributed by atoms with E-state index in [-0.39, 0.29) is 18.1 Å². The van der Waals surface area contributed by atoms with Gasteiger partial charge in [0.1, 0.15) is 11.9 Å². The van der Waals surface area contributed by atoms with E-state index in [1.54, 1.807) is 41.3 Å². The lowest BCUT2D eigenvalue weighted by atomic mass is 9.94. The zero-order chi connectivity index (χ0) is 27.4. The summed E-state index contributed by atoms with van der Waals surface area (Å²) in [6, 6.07) is 4.36. The average Bonchev–Trinajstić information content (AvgIpc) is 3.09. The van der Waals surface area contributed by atoms with Crippen molar-refractivity contribution in [3.63, 3.8) is 0 Å². The van der Waals surface area contributed by atoms with Crippen molar-refractivity contribution in [3.05, 3.63) is 70.5 Å². The fourth-order valence-electron chi connectivity index (χ4n) is 4.50. The summed E-state index contributed by atoms with van der Waals surface area (Å²) in [6.45, 7) is 9.22. The zero-order valence-electron chi connectivity index (χ0n) is 22.7. The predicted molar refractivity (Wildman–Crippen MR) is 148 cm³/mol. The van der Waals surface area contributed by atoms with Crippen molar-refractivity contribution < 1.29 is 24.9 Å². The Balaban J connectivity index is 2.30. The number of aliphatic hydroxyl groups is 3. The van der Waals surface area contributed by atoms with Gasteiger partial charge in [0.25, 0.3) is 11.8 Å². The molecule has 1 aromatic rings. The maximum absolute atomic E-state index is 13.4. The largest absolute Gasteiger partial charge is 0.508 e. The topological polar surface area (TPSA) is 110 Å². The summed E-state index contributed by atoms with van der Waals surface area (Å²) in [7, 11) is 0. The molecule has 0 saturated carbocycles. The quantitative estimate of drug-likeness (QED) is 0.281. The summed E-state index contributed by atoms with van der Waals surface area (Å²) < 4.78 is 0. The molecule has 1 aliphatic rings. The first-order valence-corrected chi connectivity index (χ1v) is 13.5. The van der Waals surface area contributed by atoms with Crippen molar-refractivity contribution in [3.8, 4) is 0 Å². The number of hydrogen-bond donors (Lipinski definition) is 4. The van der Waals surface area contributed by atoms with Crippen LogP contribution >= 0.6 is 0 Å². The van der Waals surface area contributed by atoms with Gasteiger partial charge in [0, 0.05) is 24.2 Å². The summed E-state index contributed by atoms with van der Waals surface area (Å²) in [5.41, 5.74) is 2.42. The van der Waals surface area contributed by atoms with E-state index >= 15 is 0 Å². The van der Waals surface area contributed by atoms with E-state index < -0.39 is 24.2 Å². The first-order chi connectivity index (χ1) is 17.7. The second-order valence-electron chi connectivity index (χ2n) is 9.84.